The number of alkyl halides is 2. The molecule has 1 aliphatic heterocycles. The summed E-state index contributed by atoms with van der Waals surface area (Å²) in [6, 6.07) is 7.16. The van der Waals surface area contributed by atoms with Crippen molar-refractivity contribution in [2.45, 2.75) is 87.0 Å². The van der Waals surface area contributed by atoms with Crippen molar-refractivity contribution in [3.63, 3.8) is 0 Å². The molecule has 41 heavy (non-hydrogen) atoms. The van der Waals surface area contributed by atoms with Gasteiger partial charge in [-0.2, -0.15) is 5.09 Å². The summed E-state index contributed by atoms with van der Waals surface area (Å²) in [6.45, 7) is 4.83. The van der Waals surface area contributed by atoms with Gasteiger partial charge in [-0.25, -0.2) is 9.36 Å². The summed E-state index contributed by atoms with van der Waals surface area (Å²) in [7, 11) is -4.32. The van der Waals surface area contributed by atoms with Crippen LogP contribution in [0.4, 0.5) is 0 Å². The van der Waals surface area contributed by atoms with Gasteiger partial charge in [0.05, 0.1) is 18.3 Å². The fourth-order valence-corrected chi connectivity index (χ4v) is 7.32. The number of aromatic nitrogens is 2. The highest BCUT2D eigenvalue weighted by Crippen LogP contribution is 2.61. The van der Waals surface area contributed by atoms with Crippen molar-refractivity contribution < 1.29 is 33.0 Å². The lowest BCUT2D eigenvalue weighted by molar-refractivity contribution is -0.149. The Morgan fingerprint density at radius 2 is 1.98 bits per heavy atom. The molecule has 3 N–H and O–H groups in total. The second kappa shape index (κ2) is 11.5. The zero-order valence-corrected chi connectivity index (χ0v) is 25.0. The Labute approximate surface area is 245 Å². The van der Waals surface area contributed by atoms with Crippen molar-refractivity contribution in [2.24, 2.45) is 5.92 Å². The van der Waals surface area contributed by atoms with E-state index in [0.29, 0.717) is 5.92 Å². The minimum absolute atomic E-state index is 0.265. The highest BCUT2D eigenvalue weighted by atomic mass is 35.5. The quantitative estimate of drug-likeness (QED) is 0.202. The van der Waals surface area contributed by atoms with Gasteiger partial charge in [0.2, 0.25) is 0 Å². The van der Waals surface area contributed by atoms with E-state index in [4.69, 9.17) is 41.7 Å². The van der Waals surface area contributed by atoms with Crippen LogP contribution in [0.25, 0.3) is 0 Å². The molecule has 1 aromatic carbocycles. The second-order valence-electron chi connectivity index (χ2n) is 10.9. The normalized spacial score (nSPS) is 29.1. The smallest absolute Gasteiger partial charge is 0.459 e. The highest BCUT2D eigenvalue weighted by Gasteiger charge is 2.70. The Bertz CT molecular complexity index is 1460. The fourth-order valence-electron chi connectivity index (χ4n) is 5.01. The molecule has 1 aromatic heterocycles. The molecule has 7 unspecified atom stereocenters. The predicted octanol–water partition coefficient (Wildman–Crippen LogP) is 3.37. The second-order valence-corrected chi connectivity index (χ2v) is 14.0. The molecule has 0 radical (unpaired) electrons. The van der Waals surface area contributed by atoms with E-state index < -0.39 is 71.9 Å². The van der Waals surface area contributed by atoms with Gasteiger partial charge in [-0.05, 0) is 57.2 Å². The zero-order chi connectivity index (χ0) is 29.7. The van der Waals surface area contributed by atoms with Gasteiger partial charge >= 0.3 is 19.4 Å². The monoisotopic (exact) mass is 631 g/mol. The molecule has 0 bridgehead atoms. The molecule has 1 saturated heterocycles. The van der Waals surface area contributed by atoms with Gasteiger partial charge < -0.3 is 19.1 Å². The molecule has 3 fully saturated rings. The van der Waals surface area contributed by atoms with Gasteiger partial charge in [0.25, 0.3) is 5.56 Å². The molecular weight excluding hydrogens is 600 g/mol. The van der Waals surface area contributed by atoms with Crippen molar-refractivity contribution >= 4 is 36.9 Å². The van der Waals surface area contributed by atoms with E-state index in [-0.39, 0.29) is 5.75 Å². The Kier molecular flexibility index (Phi) is 8.48. The van der Waals surface area contributed by atoms with Crippen LogP contribution < -0.4 is 20.9 Å². The summed E-state index contributed by atoms with van der Waals surface area (Å²) in [5.41, 5.74) is -0.454. The summed E-state index contributed by atoms with van der Waals surface area (Å²) in [5.74, 6) is -0.854. The summed E-state index contributed by atoms with van der Waals surface area (Å²) in [6.07, 6.45) is -0.858. The van der Waals surface area contributed by atoms with E-state index in [1.54, 1.807) is 32.0 Å². The average molecular weight is 632 g/mol. The van der Waals surface area contributed by atoms with Crippen LogP contribution >= 0.6 is 30.9 Å². The van der Waals surface area contributed by atoms with Crippen molar-refractivity contribution in [1.82, 2.24) is 14.6 Å². The number of hydrogen-bond donors (Lipinski definition) is 3. The van der Waals surface area contributed by atoms with Gasteiger partial charge in [-0.15, -0.1) is 0 Å². The first-order valence-corrected chi connectivity index (χ1v) is 15.7. The van der Waals surface area contributed by atoms with Gasteiger partial charge in [-0.3, -0.25) is 23.7 Å². The van der Waals surface area contributed by atoms with E-state index in [2.05, 4.69) is 10.1 Å². The minimum Gasteiger partial charge on any atom is -0.462 e. The third-order valence-electron chi connectivity index (χ3n) is 7.40. The van der Waals surface area contributed by atoms with Gasteiger partial charge in [0, 0.05) is 18.2 Å². The molecule has 5 rings (SSSR count). The molecule has 2 aromatic rings. The van der Waals surface area contributed by atoms with Gasteiger partial charge in [0.15, 0.2) is 10.6 Å². The molecule has 7 atom stereocenters. The van der Waals surface area contributed by atoms with Crippen molar-refractivity contribution in [1.29, 1.82) is 0 Å². The van der Waals surface area contributed by atoms with Gasteiger partial charge in [0.1, 0.15) is 17.9 Å². The number of halogens is 2. The van der Waals surface area contributed by atoms with Crippen molar-refractivity contribution in [2.75, 3.05) is 0 Å². The van der Waals surface area contributed by atoms with E-state index in [1.165, 1.54) is 6.92 Å². The molecule has 2 saturated carbocycles. The van der Waals surface area contributed by atoms with Crippen LogP contribution in [0, 0.1) is 5.92 Å². The Hall–Kier alpha value is -2.18. The molecule has 2 aliphatic carbocycles. The number of benzene rings is 1. The first-order chi connectivity index (χ1) is 19.3. The number of aliphatic hydroxyl groups is 1. The van der Waals surface area contributed by atoms with Crippen LogP contribution in [0.15, 0.2) is 46.1 Å². The standard InChI is InChI=1S/C26H32Cl2N3O9P/c1-13(2)37-23(34)14(3)30-41(36,39-17-9-5-8-16(12-17)15-6-4-7-15)40-21-19-20(21)38-24(26(27,28)22(19)33)31-11-10-18(32)29-25(31)35/h5,8-15,19-22,24,33H,4,6-7H2,1-3H3,(H,30,36)(H,29,32,35). The number of rotatable bonds is 10. The number of aromatic amines is 1. The number of nitrogens with zero attached hydrogens (tertiary/aromatic N) is 1. The summed E-state index contributed by atoms with van der Waals surface area (Å²) >= 11 is 12.9. The largest absolute Gasteiger partial charge is 0.462 e. The lowest BCUT2D eigenvalue weighted by atomic mass is 9.80. The van der Waals surface area contributed by atoms with Crippen LogP contribution in [0.5, 0.6) is 5.75 Å². The van der Waals surface area contributed by atoms with Crippen LogP contribution in [0.2, 0.25) is 0 Å². The molecule has 12 nitrogen and oxygen atoms in total. The zero-order valence-electron chi connectivity index (χ0n) is 22.6. The number of H-pyrrole nitrogens is 1. The molecule has 0 spiro atoms. The van der Waals surface area contributed by atoms with E-state index >= 15 is 0 Å². The molecule has 3 aliphatic rings. The van der Waals surface area contributed by atoms with E-state index in [1.807, 2.05) is 6.07 Å². The average Bonchev–Trinajstić information content (AvgIpc) is 3.51. The predicted molar refractivity (Wildman–Crippen MR) is 149 cm³/mol. The first kappa shape index (κ1) is 30.3. The minimum atomic E-state index is -4.32. The number of carbonyl (C=O) groups excluding carboxylic acids is 1. The SMILES string of the molecule is CC(C)OC(=O)C(C)NP(=O)(Oc1cccc(C2CCC2)c1)OC1C2OC(n3ccc(=O)[nH]c3=O)C(Cl)(Cl)C(O)C21. The van der Waals surface area contributed by atoms with Crippen LogP contribution in [0.3, 0.4) is 0 Å². The third-order valence-corrected chi connectivity index (χ3v) is 9.89. The first-order valence-electron chi connectivity index (χ1n) is 13.4. The van der Waals surface area contributed by atoms with Crippen LogP contribution in [-0.2, 0) is 23.4 Å². The topological polar surface area (TPSA) is 158 Å². The van der Waals surface area contributed by atoms with Crippen LogP contribution in [-0.4, -0.2) is 55.4 Å². The van der Waals surface area contributed by atoms with Crippen molar-refractivity contribution in [3.8, 4) is 5.75 Å². The molecule has 224 valence electrons. The van der Waals surface area contributed by atoms with Crippen molar-refractivity contribution in [3.05, 3.63) is 62.9 Å². The molecule has 0 amide bonds. The summed E-state index contributed by atoms with van der Waals surface area (Å²) in [5, 5.41) is 13.7. The Morgan fingerprint density at radius 1 is 1.24 bits per heavy atom. The Balaban J connectivity index is 1.39. The fraction of sp³-hybridized carbons (Fsp3) is 0.577. The van der Waals surface area contributed by atoms with E-state index in [9.17, 15) is 24.1 Å². The maximum absolute atomic E-state index is 14.2. The summed E-state index contributed by atoms with van der Waals surface area (Å²) < 4.78 is 36.1. The maximum atomic E-state index is 14.2. The lowest BCUT2D eigenvalue weighted by Gasteiger charge is -2.37. The maximum Gasteiger partial charge on any atom is 0.459 e. The number of fused-ring (bicyclic) bond motifs is 1. The van der Waals surface area contributed by atoms with Gasteiger partial charge in [-0.1, -0.05) is 41.8 Å². The van der Waals surface area contributed by atoms with Crippen LogP contribution in [0.1, 0.15) is 57.7 Å². The third kappa shape index (κ3) is 6.29. The number of aliphatic hydroxyl groups excluding tert-OH is 1. The number of esters is 1. The number of carbonyl (C=O) groups is 1. The highest BCUT2D eigenvalue weighted by molar-refractivity contribution is 7.52. The summed E-state index contributed by atoms with van der Waals surface area (Å²) in [4.78, 5) is 38.6. The molecule has 2 heterocycles. The number of ether oxygens (including phenoxy) is 2. The molecule has 15 heteroatoms. The lowest BCUT2D eigenvalue weighted by Crippen LogP contribution is -2.50. The molecular formula is C26H32Cl2N3O9P. The number of nitrogens with one attached hydrogen (secondary N) is 2. The number of hydrogen-bond acceptors (Lipinski definition) is 9. The van der Waals surface area contributed by atoms with E-state index in [0.717, 1.165) is 41.7 Å². The Morgan fingerprint density at radius 3 is 2.61 bits per heavy atom.